The molecule has 9 nitrogen and oxygen atoms in total. The molecule has 2 heterocycles. The van der Waals surface area contributed by atoms with E-state index in [-0.39, 0.29) is 0 Å². The molecule has 202 valence electrons. The van der Waals surface area contributed by atoms with Crippen LogP contribution in [0.15, 0.2) is 83.7 Å². The first-order chi connectivity index (χ1) is 19.0. The summed E-state index contributed by atoms with van der Waals surface area (Å²) < 4.78 is 11.5. The van der Waals surface area contributed by atoms with E-state index in [1.165, 1.54) is 0 Å². The van der Waals surface area contributed by atoms with Crippen LogP contribution in [-0.2, 0) is 5.79 Å². The number of nitrogens with one attached hydrogen (secondary N) is 3. The number of H-pyrrole nitrogens is 1. The number of aromatic nitrogens is 2. The van der Waals surface area contributed by atoms with Crippen LogP contribution in [0.2, 0.25) is 0 Å². The van der Waals surface area contributed by atoms with Crippen LogP contribution in [0.1, 0.15) is 25.0 Å². The summed E-state index contributed by atoms with van der Waals surface area (Å²) in [6, 6.07) is 21.6. The Labute approximate surface area is 228 Å². The zero-order valence-electron chi connectivity index (χ0n) is 22.6. The highest BCUT2D eigenvalue weighted by atomic mass is 16.5. The van der Waals surface area contributed by atoms with Gasteiger partial charge in [-0.1, -0.05) is 32.0 Å². The second-order valence-electron chi connectivity index (χ2n) is 9.34. The lowest BCUT2D eigenvalue weighted by Gasteiger charge is -2.34. The summed E-state index contributed by atoms with van der Waals surface area (Å²) in [7, 11) is 1.65. The quantitative estimate of drug-likeness (QED) is 0.228. The molecule has 0 amide bonds. The zero-order valence-corrected chi connectivity index (χ0v) is 22.6. The van der Waals surface area contributed by atoms with Crippen molar-refractivity contribution in [2.45, 2.75) is 19.6 Å². The molecule has 1 unspecified atom stereocenters. The third-order valence-electron chi connectivity index (χ3n) is 6.97. The Bertz CT molecular complexity index is 1470. The molecule has 0 fully saturated rings. The molecule has 0 spiro atoms. The molecule has 4 aromatic rings. The molecule has 0 saturated carbocycles. The van der Waals surface area contributed by atoms with Gasteiger partial charge in [0.15, 0.2) is 0 Å². The summed E-state index contributed by atoms with van der Waals surface area (Å²) >= 11 is 0. The lowest BCUT2D eigenvalue weighted by molar-refractivity contribution is 0.222. The number of nitrogens with two attached hydrogens (primary N) is 1. The van der Waals surface area contributed by atoms with Crippen LogP contribution < -0.4 is 25.8 Å². The van der Waals surface area contributed by atoms with Gasteiger partial charge in [0.2, 0.25) is 5.79 Å². The number of aromatic amines is 1. The molecule has 1 aliphatic rings. The number of nitrogens with zero attached hydrogens (tertiary/aromatic N) is 3. The van der Waals surface area contributed by atoms with Gasteiger partial charge in [0.05, 0.1) is 24.5 Å². The summed E-state index contributed by atoms with van der Waals surface area (Å²) in [6.07, 6.45) is 3.61. The van der Waals surface area contributed by atoms with E-state index >= 15 is 0 Å². The van der Waals surface area contributed by atoms with Gasteiger partial charge in [-0.15, -0.1) is 0 Å². The number of aliphatic imine (C=N–C) groups is 1. The molecule has 1 aromatic heterocycles. The highest BCUT2D eigenvalue weighted by Gasteiger charge is 2.32. The van der Waals surface area contributed by atoms with E-state index in [4.69, 9.17) is 20.2 Å². The van der Waals surface area contributed by atoms with Crippen molar-refractivity contribution >= 4 is 28.4 Å². The Balaban J connectivity index is 1.42. The van der Waals surface area contributed by atoms with E-state index in [0.717, 1.165) is 58.7 Å². The number of allylic oxidation sites excluding steroid dienone is 1. The number of benzene rings is 3. The van der Waals surface area contributed by atoms with Crippen LogP contribution in [0, 0.1) is 0 Å². The first-order valence-electron chi connectivity index (χ1n) is 13.2. The van der Waals surface area contributed by atoms with E-state index in [9.17, 15) is 0 Å². The molecule has 0 saturated heterocycles. The summed E-state index contributed by atoms with van der Waals surface area (Å²) in [5, 5.41) is 15.1. The second-order valence-corrected chi connectivity index (χ2v) is 9.34. The van der Waals surface area contributed by atoms with Crippen LogP contribution in [0.25, 0.3) is 16.5 Å². The fraction of sp³-hybridized carbons (Fsp3) is 0.267. The minimum atomic E-state index is -1.19. The fourth-order valence-electron chi connectivity index (χ4n) is 4.62. The molecular weight excluding hydrogens is 490 g/mol. The number of hydrogen-bond donors (Lipinski definition) is 4. The summed E-state index contributed by atoms with van der Waals surface area (Å²) in [4.78, 5) is 7.10. The largest absolute Gasteiger partial charge is 0.495 e. The van der Waals surface area contributed by atoms with Crippen LogP contribution in [-0.4, -0.2) is 54.7 Å². The van der Waals surface area contributed by atoms with Crippen molar-refractivity contribution in [3.05, 3.63) is 89.9 Å². The van der Waals surface area contributed by atoms with Gasteiger partial charge >= 0.3 is 0 Å². The van der Waals surface area contributed by atoms with Crippen LogP contribution in [0.4, 0.5) is 5.69 Å². The number of anilines is 1. The van der Waals surface area contributed by atoms with Gasteiger partial charge in [0.25, 0.3) is 0 Å². The number of fused-ring (bicyclic) bond motifs is 1. The first-order valence-corrected chi connectivity index (χ1v) is 13.2. The average molecular weight is 526 g/mol. The van der Waals surface area contributed by atoms with Gasteiger partial charge in [-0.2, -0.15) is 5.10 Å². The summed E-state index contributed by atoms with van der Waals surface area (Å²) in [5.41, 5.74) is 11.3. The van der Waals surface area contributed by atoms with Gasteiger partial charge < -0.3 is 25.0 Å². The minimum Gasteiger partial charge on any atom is -0.495 e. The lowest BCUT2D eigenvalue weighted by atomic mass is 10.0. The molecule has 0 aliphatic carbocycles. The van der Waals surface area contributed by atoms with Crippen molar-refractivity contribution in [2.75, 3.05) is 38.7 Å². The summed E-state index contributed by atoms with van der Waals surface area (Å²) in [5.74, 6) is 1.03. The van der Waals surface area contributed by atoms with Gasteiger partial charge in [-0.3, -0.25) is 10.8 Å². The highest BCUT2D eigenvalue weighted by Crippen LogP contribution is 2.32. The number of methoxy groups -OCH3 is 1. The number of hydrogen-bond acceptors (Lipinski definition) is 8. The fourth-order valence-corrected chi connectivity index (χ4v) is 4.62. The van der Waals surface area contributed by atoms with Crippen molar-refractivity contribution in [2.24, 2.45) is 10.7 Å². The van der Waals surface area contributed by atoms with Crippen molar-refractivity contribution < 1.29 is 9.47 Å². The number of rotatable bonds is 11. The number of ether oxygens (including phenoxy) is 2. The van der Waals surface area contributed by atoms with E-state index in [1.807, 2.05) is 66.9 Å². The Hall–Kier alpha value is -4.34. The molecule has 3 aromatic carbocycles. The molecule has 1 aliphatic heterocycles. The van der Waals surface area contributed by atoms with Gasteiger partial charge in [0.1, 0.15) is 23.9 Å². The minimum absolute atomic E-state index is 0.630. The molecular formula is C30H35N7O2. The Morgan fingerprint density at radius 1 is 1.03 bits per heavy atom. The third kappa shape index (κ3) is 5.74. The van der Waals surface area contributed by atoms with E-state index < -0.39 is 5.79 Å². The Morgan fingerprint density at radius 3 is 2.59 bits per heavy atom. The van der Waals surface area contributed by atoms with E-state index in [2.05, 4.69) is 45.6 Å². The zero-order chi connectivity index (χ0) is 27.2. The predicted octanol–water partition coefficient (Wildman–Crippen LogP) is 4.52. The maximum atomic E-state index is 6.86. The molecule has 5 N–H and O–H groups in total. The monoisotopic (exact) mass is 525 g/mol. The molecule has 9 heteroatoms. The number of para-hydroxylation sites is 2. The average Bonchev–Trinajstić information content (AvgIpc) is 3.44. The lowest BCUT2D eigenvalue weighted by Crippen LogP contribution is -2.51. The topological polar surface area (TPSA) is 113 Å². The van der Waals surface area contributed by atoms with Crippen LogP contribution in [0.5, 0.6) is 11.5 Å². The molecule has 5 rings (SSSR count). The van der Waals surface area contributed by atoms with E-state index in [0.29, 0.717) is 18.2 Å². The Morgan fingerprint density at radius 2 is 1.82 bits per heavy atom. The molecule has 39 heavy (non-hydrogen) atoms. The van der Waals surface area contributed by atoms with Crippen LogP contribution >= 0.6 is 0 Å². The van der Waals surface area contributed by atoms with Crippen molar-refractivity contribution in [1.29, 1.82) is 0 Å². The molecule has 0 radical (unpaired) electrons. The second kappa shape index (κ2) is 11.6. The predicted molar refractivity (Wildman–Crippen MR) is 157 cm³/mol. The van der Waals surface area contributed by atoms with Gasteiger partial charge in [-0.05, 0) is 67.2 Å². The maximum Gasteiger partial charge on any atom is 0.210 e. The van der Waals surface area contributed by atoms with E-state index in [1.54, 1.807) is 13.3 Å². The van der Waals surface area contributed by atoms with Gasteiger partial charge in [-0.25, -0.2) is 4.99 Å². The Kier molecular flexibility index (Phi) is 7.81. The normalized spacial score (nSPS) is 16.9. The number of likely N-dealkylation sites (N-methyl/N-ethyl adjacent to an activating group) is 1. The standard InChI is InChI=1S/C30H35N7O2/c1-4-37(5-2)16-17-39-24-13-11-23(12-14-24)30(31)32-20-25(21-10-15-26-22(18-21)19-33-36-26)29(35-30)34-27-8-6-7-9-28(27)38-3/h6-15,18-20,34-35H,4-5,16-17,31H2,1-3H3,(H,33,36). The third-order valence-corrected chi connectivity index (χ3v) is 6.97. The smallest absolute Gasteiger partial charge is 0.210 e. The first kappa shape index (κ1) is 26.3. The maximum absolute atomic E-state index is 6.86. The molecule has 0 bridgehead atoms. The van der Waals surface area contributed by atoms with Crippen molar-refractivity contribution in [1.82, 2.24) is 20.4 Å². The van der Waals surface area contributed by atoms with Gasteiger partial charge in [0, 0.05) is 29.3 Å². The molecule has 1 atom stereocenters. The SMILES string of the molecule is CCN(CC)CCOc1ccc(C2(N)N=CC(c3ccc4[nH]ncc4c3)=C(Nc3ccccc3OC)N2)cc1. The highest BCUT2D eigenvalue weighted by molar-refractivity contribution is 6.13. The van der Waals surface area contributed by atoms with Crippen molar-refractivity contribution in [3.63, 3.8) is 0 Å². The van der Waals surface area contributed by atoms with Crippen molar-refractivity contribution in [3.8, 4) is 11.5 Å². The summed E-state index contributed by atoms with van der Waals surface area (Å²) in [6.45, 7) is 7.85. The van der Waals surface area contributed by atoms with Crippen LogP contribution in [0.3, 0.4) is 0 Å².